The van der Waals surface area contributed by atoms with Crippen LogP contribution in [0.2, 0.25) is 0 Å². The Hall–Kier alpha value is -3.94. The van der Waals surface area contributed by atoms with Crippen LogP contribution in [0.25, 0.3) is 0 Å². The lowest BCUT2D eigenvalue weighted by atomic mass is 9.97. The maximum atomic E-state index is 12.5. The van der Waals surface area contributed by atoms with Crippen LogP contribution in [-0.2, 0) is 4.79 Å². The normalized spacial score (nSPS) is 15.9. The Kier molecular flexibility index (Phi) is 6.07. The molecule has 8 nitrogen and oxygen atoms in total. The number of aromatic nitrogens is 2. The molecule has 8 heteroatoms. The zero-order valence-corrected chi connectivity index (χ0v) is 16.9. The molecule has 1 aliphatic rings. The van der Waals surface area contributed by atoms with Gasteiger partial charge in [-0.2, -0.15) is 0 Å². The van der Waals surface area contributed by atoms with Crippen molar-refractivity contribution >= 4 is 23.3 Å². The lowest BCUT2D eigenvalue weighted by Crippen LogP contribution is -2.41. The number of rotatable bonds is 6. The molecule has 1 aromatic carbocycles. The molecule has 0 spiro atoms. The fourth-order valence-corrected chi connectivity index (χ4v) is 3.49. The molecule has 1 unspecified atom stereocenters. The molecule has 3 aromatic rings. The third-order valence-electron chi connectivity index (χ3n) is 5.14. The Balaban J connectivity index is 1.35. The van der Waals surface area contributed by atoms with E-state index in [2.05, 4.69) is 15.3 Å². The number of anilines is 2. The second-order valence-electron chi connectivity index (χ2n) is 7.36. The van der Waals surface area contributed by atoms with Crippen molar-refractivity contribution < 1.29 is 14.3 Å². The molecule has 0 bridgehead atoms. The molecule has 31 heavy (non-hydrogen) atoms. The van der Waals surface area contributed by atoms with E-state index < -0.39 is 0 Å². The second-order valence-corrected chi connectivity index (χ2v) is 7.36. The van der Waals surface area contributed by atoms with Crippen LogP contribution in [0.4, 0.5) is 11.5 Å². The summed E-state index contributed by atoms with van der Waals surface area (Å²) in [6, 6.07) is 14.1. The minimum Gasteiger partial charge on any atom is -0.456 e. The number of nitrogens with zero attached hydrogens (tertiary/aromatic N) is 3. The number of piperidine rings is 1. The molecule has 0 radical (unpaired) electrons. The van der Waals surface area contributed by atoms with E-state index in [-0.39, 0.29) is 17.7 Å². The van der Waals surface area contributed by atoms with Gasteiger partial charge in [-0.25, -0.2) is 4.98 Å². The van der Waals surface area contributed by atoms with E-state index in [1.807, 2.05) is 17.0 Å². The maximum Gasteiger partial charge on any atom is 0.255 e. The summed E-state index contributed by atoms with van der Waals surface area (Å²) in [6.07, 6.45) is 6.61. The maximum absolute atomic E-state index is 12.5. The van der Waals surface area contributed by atoms with Crippen LogP contribution in [-0.4, -0.2) is 34.9 Å². The minimum atomic E-state index is -0.273. The van der Waals surface area contributed by atoms with Gasteiger partial charge in [-0.15, -0.1) is 0 Å². The van der Waals surface area contributed by atoms with E-state index in [9.17, 15) is 9.59 Å². The first-order chi connectivity index (χ1) is 15.1. The number of ether oxygens (including phenoxy) is 1. The number of amides is 2. The van der Waals surface area contributed by atoms with Gasteiger partial charge < -0.3 is 20.7 Å². The van der Waals surface area contributed by atoms with Gasteiger partial charge >= 0.3 is 0 Å². The van der Waals surface area contributed by atoms with Gasteiger partial charge in [0.15, 0.2) is 0 Å². The summed E-state index contributed by atoms with van der Waals surface area (Å²) in [5.41, 5.74) is 6.54. The first kappa shape index (κ1) is 20.3. The topological polar surface area (TPSA) is 110 Å². The van der Waals surface area contributed by atoms with Gasteiger partial charge in [0.2, 0.25) is 5.91 Å². The lowest BCUT2D eigenvalue weighted by Gasteiger charge is -2.32. The Morgan fingerprint density at radius 2 is 1.90 bits per heavy atom. The molecule has 0 aliphatic carbocycles. The molecule has 1 atom stereocenters. The quantitative estimate of drug-likeness (QED) is 0.637. The monoisotopic (exact) mass is 417 g/mol. The number of hydrogen-bond donors (Lipinski definition) is 2. The van der Waals surface area contributed by atoms with Gasteiger partial charge in [-0.3, -0.25) is 14.6 Å². The van der Waals surface area contributed by atoms with Crippen LogP contribution in [0, 0.1) is 5.92 Å². The van der Waals surface area contributed by atoms with Gasteiger partial charge in [0.25, 0.3) is 5.91 Å². The number of benzene rings is 1. The third-order valence-corrected chi connectivity index (χ3v) is 5.14. The van der Waals surface area contributed by atoms with E-state index in [0.29, 0.717) is 29.3 Å². The molecule has 1 fully saturated rings. The smallest absolute Gasteiger partial charge is 0.255 e. The highest BCUT2D eigenvalue weighted by Gasteiger charge is 2.24. The Labute approximate surface area is 180 Å². The van der Waals surface area contributed by atoms with Gasteiger partial charge in [-0.1, -0.05) is 0 Å². The Morgan fingerprint density at radius 3 is 2.58 bits per heavy atom. The van der Waals surface area contributed by atoms with Crippen molar-refractivity contribution in [2.75, 3.05) is 23.3 Å². The number of nitrogens with one attached hydrogen (secondary N) is 1. The molecule has 2 amide bonds. The SMILES string of the molecule is NC(=O)C1CCCN(c2ccc(NC(=O)c3ccc(Oc4cccnc4)cc3)cn2)C1. The summed E-state index contributed by atoms with van der Waals surface area (Å²) in [7, 11) is 0. The molecule has 3 N–H and O–H groups in total. The van der Waals surface area contributed by atoms with Crippen molar-refractivity contribution in [2.45, 2.75) is 12.8 Å². The summed E-state index contributed by atoms with van der Waals surface area (Å²) in [6.45, 7) is 1.40. The molecule has 1 saturated heterocycles. The highest BCUT2D eigenvalue weighted by Crippen LogP contribution is 2.23. The molecular weight excluding hydrogens is 394 g/mol. The van der Waals surface area contributed by atoms with Gasteiger partial charge in [0.05, 0.1) is 24.0 Å². The standard InChI is InChI=1S/C23H23N5O3/c24-22(29)17-3-2-12-28(15-17)21-10-7-18(13-26-21)27-23(30)16-5-8-19(9-6-16)31-20-4-1-11-25-14-20/h1,4-11,13-14,17H,2-3,12,15H2,(H2,24,29)(H,27,30). The summed E-state index contributed by atoms with van der Waals surface area (Å²) in [5, 5.41) is 2.84. The lowest BCUT2D eigenvalue weighted by molar-refractivity contribution is -0.122. The Morgan fingerprint density at radius 1 is 1.06 bits per heavy atom. The number of primary amides is 1. The predicted octanol–water partition coefficient (Wildman–Crippen LogP) is 3.22. The average molecular weight is 417 g/mol. The highest BCUT2D eigenvalue weighted by molar-refractivity contribution is 6.04. The first-order valence-corrected chi connectivity index (χ1v) is 10.1. The highest BCUT2D eigenvalue weighted by atomic mass is 16.5. The van der Waals surface area contributed by atoms with Crippen molar-refractivity contribution in [3.63, 3.8) is 0 Å². The molecule has 3 heterocycles. The number of carbonyl (C=O) groups excluding carboxylic acids is 2. The van der Waals surface area contributed by atoms with Crippen molar-refractivity contribution in [3.8, 4) is 11.5 Å². The summed E-state index contributed by atoms with van der Waals surface area (Å²) in [5.74, 6) is 1.34. The minimum absolute atomic E-state index is 0.153. The van der Waals surface area contributed by atoms with Crippen LogP contribution in [0.15, 0.2) is 67.1 Å². The van der Waals surface area contributed by atoms with E-state index in [1.165, 1.54) is 0 Å². The van der Waals surface area contributed by atoms with Crippen LogP contribution < -0.4 is 20.7 Å². The van der Waals surface area contributed by atoms with Crippen molar-refractivity contribution in [1.29, 1.82) is 0 Å². The molecule has 4 rings (SSSR count). The predicted molar refractivity (Wildman–Crippen MR) is 117 cm³/mol. The van der Waals surface area contributed by atoms with Gasteiger partial charge in [0, 0.05) is 24.8 Å². The molecular formula is C23H23N5O3. The second kappa shape index (κ2) is 9.25. The van der Waals surface area contributed by atoms with Gasteiger partial charge in [-0.05, 0) is 61.4 Å². The fraction of sp³-hybridized carbons (Fsp3) is 0.217. The van der Waals surface area contributed by atoms with Crippen LogP contribution in [0.1, 0.15) is 23.2 Å². The first-order valence-electron chi connectivity index (χ1n) is 10.1. The van der Waals surface area contributed by atoms with Crippen LogP contribution in [0.5, 0.6) is 11.5 Å². The molecule has 1 aliphatic heterocycles. The molecule has 2 aromatic heterocycles. The summed E-state index contributed by atoms with van der Waals surface area (Å²) in [4.78, 5) is 34.5. The van der Waals surface area contributed by atoms with Crippen molar-refractivity contribution in [1.82, 2.24) is 9.97 Å². The zero-order valence-electron chi connectivity index (χ0n) is 16.9. The van der Waals surface area contributed by atoms with Crippen LogP contribution in [0.3, 0.4) is 0 Å². The van der Waals surface area contributed by atoms with E-state index >= 15 is 0 Å². The number of pyridine rings is 2. The largest absolute Gasteiger partial charge is 0.456 e. The average Bonchev–Trinajstić information content (AvgIpc) is 2.81. The molecule has 158 valence electrons. The number of hydrogen-bond acceptors (Lipinski definition) is 6. The van der Waals surface area contributed by atoms with Crippen molar-refractivity contribution in [3.05, 3.63) is 72.7 Å². The van der Waals surface area contributed by atoms with Gasteiger partial charge in [0.1, 0.15) is 17.3 Å². The number of carbonyl (C=O) groups is 2. The van der Waals surface area contributed by atoms with Crippen LogP contribution >= 0.6 is 0 Å². The number of nitrogens with two attached hydrogens (primary N) is 1. The summed E-state index contributed by atoms with van der Waals surface area (Å²) >= 11 is 0. The van der Waals surface area contributed by atoms with Crippen molar-refractivity contribution in [2.24, 2.45) is 11.7 Å². The Bertz CT molecular complexity index is 1040. The van der Waals surface area contributed by atoms with E-state index in [4.69, 9.17) is 10.5 Å². The zero-order chi connectivity index (χ0) is 21.6. The van der Waals surface area contributed by atoms with E-state index in [0.717, 1.165) is 25.2 Å². The third kappa shape index (κ3) is 5.16. The molecule has 0 saturated carbocycles. The fourth-order valence-electron chi connectivity index (χ4n) is 3.49. The summed E-state index contributed by atoms with van der Waals surface area (Å²) < 4.78 is 5.69. The van der Waals surface area contributed by atoms with E-state index in [1.54, 1.807) is 55.0 Å².